The van der Waals surface area contributed by atoms with E-state index in [4.69, 9.17) is 4.52 Å². The molecule has 0 aliphatic carbocycles. The molecule has 1 aromatic rings. The molecule has 7 heteroatoms. The Bertz CT molecular complexity index is 677. The van der Waals surface area contributed by atoms with Crippen LogP contribution in [0.3, 0.4) is 0 Å². The maximum atomic E-state index is 11.7. The van der Waals surface area contributed by atoms with E-state index in [1.807, 2.05) is 6.92 Å². The number of carbonyl (C=O) groups excluding carboxylic acids is 1. The van der Waals surface area contributed by atoms with Crippen LogP contribution < -0.4 is 10.2 Å². The van der Waals surface area contributed by atoms with Crippen molar-refractivity contribution in [1.82, 2.24) is 20.4 Å². The Balaban J connectivity index is 1.26. The topological polar surface area (TPSA) is 74.5 Å². The monoisotopic (exact) mass is 359 g/mol. The highest BCUT2D eigenvalue weighted by Crippen LogP contribution is 2.42. The molecular weight excluding hydrogens is 330 g/mol. The van der Waals surface area contributed by atoms with Crippen LogP contribution in [0.5, 0.6) is 0 Å². The van der Waals surface area contributed by atoms with E-state index < -0.39 is 0 Å². The van der Waals surface area contributed by atoms with Crippen LogP contribution in [0.4, 0.5) is 6.01 Å². The van der Waals surface area contributed by atoms with Gasteiger partial charge in [0.25, 0.3) is 0 Å². The molecule has 3 atom stereocenters. The van der Waals surface area contributed by atoms with Gasteiger partial charge in [-0.2, -0.15) is 4.98 Å². The standard InChI is InChI=1S/C19H29N5O2/c1-13-21-18(26-22-13)24-14-3-4-15(24)10-16(9-14)23-7-2-5-19(6-8-23)11-17(25)20-12-19/h14-16H,2-12H2,1H3,(H,20,25). The van der Waals surface area contributed by atoms with E-state index in [0.29, 0.717) is 18.1 Å². The molecule has 0 saturated carbocycles. The Hall–Kier alpha value is -1.63. The number of carbonyl (C=O) groups is 1. The summed E-state index contributed by atoms with van der Waals surface area (Å²) >= 11 is 0. The highest BCUT2D eigenvalue weighted by Gasteiger charge is 2.46. The summed E-state index contributed by atoms with van der Waals surface area (Å²) in [5.74, 6) is 0.971. The van der Waals surface area contributed by atoms with Gasteiger partial charge in [-0.25, -0.2) is 0 Å². The smallest absolute Gasteiger partial charge is 0.324 e. The highest BCUT2D eigenvalue weighted by atomic mass is 16.5. The Morgan fingerprint density at radius 3 is 2.62 bits per heavy atom. The van der Waals surface area contributed by atoms with Gasteiger partial charge in [0.2, 0.25) is 5.91 Å². The lowest BCUT2D eigenvalue weighted by Gasteiger charge is -2.42. The Morgan fingerprint density at radius 2 is 1.96 bits per heavy atom. The summed E-state index contributed by atoms with van der Waals surface area (Å²) in [5.41, 5.74) is 0.229. The second-order valence-corrected chi connectivity index (χ2v) is 8.88. The van der Waals surface area contributed by atoms with Crippen LogP contribution in [-0.4, -0.2) is 58.7 Å². The molecule has 4 fully saturated rings. The lowest BCUT2D eigenvalue weighted by Crippen LogP contribution is -2.51. The molecule has 26 heavy (non-hydrogen) atoms. The molecule has 3 unspecified atom stereocenters. The number of fused-ring (bicyclic) bond motifs is 2. The van der Waals surface area contributed by atoms with Gasteiger partial charge in [0.1, 0.15) is 0 Å². The Kier molecular flexibility index (Phi) is 3.95. The van der Waals surface area contributed by atoms with E-state index in [9.17, 15) is 4.79 Å². The van der Waals surface area contributed by atoms with Gasteiger partial charge in [-0.05, 0) is 70.4 Å². The lowest BCUT2D eigenvalue weighted by atomic mass is 9.80. The maximum Gasteiger partial charge on any atom is 0.324 e. The van der Waals surface area contributed by atoms with Crippen molar-refractivity contribution in [3.8, 4) is 0 Å². The molecule has 2 bridgehead atoms. The summed E-state index contributed by atoms with van der Waals surface area (Å²) in [6.45, 7) is 5.09. The molecule has 1 aromatic heterocycles. The third kappa shape index (κ3) is 2.80. The molecule has 5 rings (SSSR count). The lowest BCUT2D eigenvalue weighted by molar-refractivity contribution is -0.119. The predicted octanol–water partition coefficient (Wildman–Crippen LogP) is 1.87. The number of nitrogens with zero attached hydrogens (tertiary/aromatic N) is 4. The van der Waals surface area contributed by atoms with Gasteiger partial charge in [0, 0.05) is 31.1 Å². The van der Waals surface area contributed by atoms with E-state index >= 15 is 0 Å². The summed E-state index contributed by atoms with van der Waals surface area (Å²) in [5, 5.41) is 7.05. The van der Waals surface area contributed by atoms with Crippen LogP contribution >= 0.6 is 0 Å². The molecule has 0 aromatic carbocycles. The summed E-state index contributed by atoms with van der Waals surface area (Å²) in [6.07, 6.45) is 9.16. The fourth-order valence-corrected chi connectivity index (χ4v) is 5.89. The van der Waals surface area contributed by atoms with Crippen molar-refractivity contribution in [1.29, 1.82) is 0 Å². The SMILES string of the molecule is Cc1noc(N2C3CCC2CC(N2CCCC4(CC2)CNC(=O)C4)C3)n1. The molecule has 5 heterocycles. The van der Waals surface area contributed by atoms with Crippen molar-refractivity contribution >= 4 is 11.9 Å². The Labute approximate surface area is 154 Å². The molecule has 7 nitrogen and oxygen atoms in total. The van der Waals surface area contributed by atoms with Crippen LogP contribution in [-0.2, 0) is 4.79 Å². The number of rotatable bonds is 2. The van der Waals surface area contributed by atoms with Crippen molar-refractivity contribution < 1.29 is 9.32 Å². The van der Waals surface area contributed by atoms with E-state index in [1.165, 1.54) is 45.1 Å². The van der Waals surface area contributed by atoms with Crippen LogP contribution in [0.2, 0.25) is 0 Å². The Morgan fingerprint density at radius 1 is 1.15 bits per heavy atom. The van der Waals surface area contributed by atoms with Crippen molar-refractivity contribution in [2.45, 2.75) is 76.4 Å². The molecule has 4 saturated heterocycles. The van der Waals surface area contributed by atoms with Gasteiger partial charge in [0.15, 0.2) is 5.82 Å². The summed E-state index contributed by atoms with van der Waals surface area (Å²) in [7, 11) is 0. The zero-order valence-electron chi connectivity index (χ0n) is 15.6. The average Bonchev–Trinajstić information content (AvgIpc) is 3.21. The van der Waals surface area contributed by atoms with Crippen molar-refractivity contribution in [2.24, 2.45) is 5.41 Å². The molecule has 1 N–H and O–H groups in total. The number of hydrogen-bond acceptors (Lipinski definition) is 6. The first-order valence-corrected chi connectivity index (χ1v) is 10.2. The van der Waals surface area contributed by atoms with Crippen molar-refractivity contribution in [3.63, 3.8) is 0 Å². The zero-order valence-corrected chi connectivity index (χ0v) is 15.6. The van der Waals surface area contributed by atoms with Crippen LogP contribution in [0.25, 0.3) is 0 Å². The number of amides is 1. The highest BCUT2D eigenvalue weighted by molar-refractivity contribution is 5.79. The molecule has 1 spiro atoms. The van der Waals surface area contributed by atoms with Gasteiger partial charge in [-0.15, -0.1) is 0 Å². The molecule has 0 radical (unpaired) electrons. The fourth-order valence-electron chi connectivity index (χ4n) is 5.89. The van der Waals surface area contributed by atoms with Crippen LogP contribution in [0.15, 0.2) is 4.52 Å². The largest absolute Gasteiger partial charge is 0.356 e. The number of piperidine rings is 1. The van der Waals surface area contributed by atoms with E-state index in [0.717, 1.165) is 37.8 Å². The molecule has 4 aliphatic rings. The number of aromatic nitrogens is 2. The predicted molar refractivity (Wildman–Crippen MR) is 96.8 cm³/mol. The average molecular weight is 359 g/mol. The summed E-state index contributed by atoms with van der Waals surface area (Å²) in [4.78, 5) is 21.3. The molecule has 4 aliphatic heterocycles. The number of anilines is 1. The van der Waals surface area contributed by atoms with Gasteiger partial charge < -0.3 is 19.6 Å². The minimum absolute atomic E-state index is 0.229. The quantitative estimate of drug-likeness (QED) is 0.869. The first-order valence-electron chi connectivity index (χ1n) is 10.2. The second kappa shape index (κ2) is 6.22. The van der Waals surface area contributed by atoms with Crippen molar-refractivity contribution in [3.05, 3.63) is 5.82 Å². The fraction of sp³-hybridized carbons (Fsp3) is 0.842. The van der Waals surface area contributed by atoms with Gasteiger partial charge in [-0.3, -0.25) is 4.79 Å². The van der Waals surface area contributed by atoms with Gasteiger partial charge >= 0.3 is 6.01 Å². The summed E-state index contributed by atoms with van der Waals surface area (Å²) in [6, 6.07) is 2.45. The van der Waals surface area contributed by atoms with Crippen LogP contribution in [0.1, 0.15) is 57.2 Å². The maximum absolute atomic E-state index is 11.7. The minimum Gasteiger partial charge on any atom is -0.356 e. The summed E-state index contributed by atoms with van der Waals surface area (Å²) < 4.78 is 5.47. The van der Waals surface area contributed by atoms with E-state index in [-0.39, 0.29) is 11.3 Å². The van der Waals surface area contributed by atoms with Crippen LogP contribution in [0, 0.1) is 12.3 Å². The first kappa shape index (κ1) is 16.5. The first-order chi connectivity index (χ1) is 12.6. The number of likely N-dealkylation sites (tertiary alicyclic amines) is 1. The van der Waals surface area contributed by atoms with E-state index in [2.05, 4.69) is 25.3 Å². The van der Waals surface area contributed by atoms with Gasteiger partial charge in [-0.1, -0.05) is 5.16 Å². The van der Waals surface area contributed by atoms with Gasteiger partial charge in [0.05, 0.1) is 0 Å². The van der Waals surface area contributed by atoms with E-state index in [1.54, 1.807) is 0 Å². The second-order valence-electron chi connectivity index (χ2n) is 8.88. The van der Waals surface area contributed by atoms with Crippen molar-refractivity contribution in [2.75, 3.05) is 24.5 Å². The normalized spacial score (nSPS) is 38.0. The minimum atomic E-state index is 0.229. The molecule has 1 amide bonds. The number of nitrogens with one attached hydrogen (secondary N) is 1. The third-order valence-corrected chi connectivity index (χ3v) is 7.24. The number of aryl methyl sites for hydroxylation is 1. The molecule has 142 valence electrons. The zero-order chi connectivity index (χ0) is 17.7. The number of hydrogen-bond donors (Lipinski definition) is 1. The molecular formula is C19H29N5O2. The third-order valence-electron chi connectivity index (χ3n) is 7.24.